The van der Waals surface area contributed by atoms with Gasteiger partial charge in [0.1, 0.15) is 0 Å². The van der Waals surface area contributed by atoms with E-state index in [1.54, 1.807) is 13.1 Å². The van der Waals surface area contributed by atoms with Crippen molar-refractivity contribution in [1.82, 2.24) is 9.99 Å². The maximum absolute atomic E-state index is 12.1. The van der Waals surface area contributed by atoms with Gasteiger partial charge in [-0.25, -0.2) is 5.43 Å². The van der Waals surface area contributed by atoms with E-state index in [1.807, 2.05) is 6.92 Å². The second-order valence-corrected chi connectivity index (χ2v) is 8.07. The Morgan fingerprint density at radius 3 is 2.43 bits per heavy atom. The molecule has 28 heavy (non-hydrogen) atoms. The fraction of sp³-hybridized carbons (Fsp3) is 0.429. The molecule has 150 valence electrons. The summed E-state index contributed by atoms with van der Waals surface area (Å²) in [4.78, 5) is 12.1. The zero-order chi connectivity index (χ0) is 20.5. The Labute approximate surface area is 174 Å². The third-order valence-electron chi connectivity index (χ3n) is 5.04. The molecule has 0 atom stereocenters. The highest BCUT2D eigenvalue weighted by molar-refractivity contribution is 9.10. The predicted octanol–water partition coefficient (Wildman–Crippen LogP) is 4.08. The average molecular weight is 448 g/mol. The molecule has 1 amide bonds. The summed E-state index contributed by atoms with van der Waals surface area (Å²) < 4.78 is 14.1. The highest BCUT2D eigenvalue weighted by Gasteiger charge is 2.33. The molecular formula is C21H26BrN3O3. The van der Waals surface area contributed by atoms with Crippen LogP contribution in [0.1, 0.15) is 41.4 Å². The maximum Gasteiger partial charge on any atom is 0.245 e. The van der Waals surface area contributed by atoms with E-state index >= 15 is 0 Å². The lowest BCUT2D eigenvalue weighted by molar-refractivity contribution is -0.159. The van der Waals surface area contributed by atoms with Gasteiger partial charge in [-0.3, -0.25) is 4.79 Å². The Morgan fingerprint density at radius 2 is 1.82 bits per heavy atom. The Morgan fingerprint density at radius 1 is 1.21 bits per heavy atom. The number of carbonyl (C=O) groups is 1. The van der Waals surface area contributed by atoms with E-state index in [0.29, 0.717) is 13.2 Å². The molecule has 1 aromatic carbocycles. The first kappa shape index (κ1) is 20.8. The minimum absolute atomic E-state index is 0.104. The molecule has 6 nitrogen and oxygen atoms in total. The summed E-state index contributed by atoms with van der Waals surface area (Å²) in [6.07, 6.45) is 1.78. The molecule has 0 radical (unpaired) electrons. The van der Waals surface area contributed by atoms with Gasteiger partial charge in [-0.05, 0) is 61.7 Å². The van der Waals surface area contributed by atoms with Crippen molar-refractivity contribution in [3.05, 3.63) is 50.8 Å². The van der Waals surface area contributed by atoms with Crippen LogP contribution in [0.5, 0.6) is 0 Å². The van der Waals surface area contributed by atoms with Crippen molar-refractivity contribution in [3.8, 4) is 5.69 Å². The molecule has 1 N–H and O–H groups in total. The van der Waals surface area contributed by atoms with Crippen molar-refractivity contribution >= 4 is 28.1 Å². The van der Waals surface area contributed by atoms with Crippen LogP contribution in [0.25, 0.3) is 5.69 Å². The van der Waals surface area contributed by atoms with E-state index in [9.17, 15) is 4.79 Å². The largest absolute Gasteiger partial charge is 0.347 e. The standard InChI is InChI=1S/C21H26BrN3O3/c1-13-7-6-8-14(2)20(13)25-15(3)17(19(22)16(25)4)12-23-24-18(26)11-21(5)27-9-10-28-21/h6-8,12H,9-11H2,1-5H3,(H,24,26)/b23-12+. The first-order chi connectivity index (χ1) is 13.2. The third-order valence-corrected chi connectivity index (χ3v) is 6.04. The third kappa shape index (κ3) is 4.06. The minimum atomic E-state index is -0.863. The SMILES string of the molecule is Cc1cccc(C)c1-n1c(C)c(Br)c(/C=N/NC(=O)CC2(C)OCCO2)c1C. The van der Waals surface area contributed by atoms with Crippen LogP contribution in [0.2, 0.25) is 0 Å². The maximum atomic E-state index is 12.1. The van der Waals surface area contributed by atoms with Crippen molar-refractivity contribution in [2.24, 2.45) is 5.10 Å². The molecule has 0 spiro atoms. The summed E-state index contributed by atoms with van der Waals surface area (Å²) in [5, 5.41) is 4.15. The van der Waals surface area contributed by atoms with Crippen LogP contribution in [0.3, 0.4) is 0 Å². The summed E-state index contributed by atoms with van der Waals surface area (Å²) in [7, 11) is 0. The number of benzene rings is 1. The number of amides is 1. The summed E-state index contributed by atoms with van der Waals surface area (Å²) in [6, 6.07) is 6.28. The van der Waals surface area contributed by atoms with Crippen LogP contribution in [0.15, 0.2) is 27.8 Å². The number of nitrogens with zero attached hydrogens (tertiary/aromatic N) is 2. The van der Waals surface area contributed by atoms with Crippen LogP contribution in [0.4, 0.5) is 0 Å². The molecule has 1 saturated heterocycles. The smallest absolute Gasteiger partial charge is 0.245 e. The monoisotopic (exact) mass is 447 g/mol. The lowest BCUT2D eigenvalue weighted by atomic mass is 10.1. The van der Waals surface area contributed by atoms with Gasteiger partial charge in [0.05, 0.1) is 31.5 Å². The van der Waals surface area contributed by atoms with E-state index < -0.39 is 5.79 Å². The Kier molecular flexibility index (Phi) is 6.07. The Bertz CT molecular complexity index is 907. The van der Waals surface area contributed by atoms with E-state index in [1.165, 1.54) is 16.8 Å². The number of ether oxygens (including phenoxy) is 2. The normalized spacial score (nSPS) is 16.1. The van der Waals surface area contributed by atoms with Gasteiger partial charge in [0.25, 0.3) is 0 Å². The van der Waals surface area contributed by atoms with Gasteiger partial charge in [0, 0.05) is 21.4 Å². The molecule has 7 heteroatoms. The summed E-state index contributed by atoms with van der Waals surface area (Å²) in [5.41, 5.74) is 9.22. The van der Waals surface area contributed by atoms with Crippen molar-refractivity contribution in [3.63, 3.8) is 0 Å². The van der Waals surface area contributed by atoms with Gasteiger partial charge in [-0.15, -0.1) is 0 Å². The fourth-order valence-electron chi connectivity index (χ4n) is 3.63. The molecule has 1 aliphatic rings. The van der Waals surface area contributed by atoms with Crippen LogP contribution >= 0.6 is 15.9 Å². The molecule has 1 aliphatic heterocycles. The lowest BCUT2D eigenvalue weighted by Gasteiger charge is -2.20. The van der Waals surface area contributed by atoms with Gasteiger partial charge in [-0.2, -0.15) is 5.10 Å². The topological polar surface area (TPSA) is 64.9 Å². The molecule has 0 saturated carbocycles. The Balaban J connectivity index is 1.82. The predicted molar refractivity (Wildman–Crippen MR) is 113 cm³/mol. The van der Waals surface area contributed by atoms with Crippen LogP contribution in [0, 0.1) is 27.7 Å². The van der Waals surface area contributed by atoms with Gasteiger partial charge >= 0.3 is 0 Å². The molecule has 3 rings (SSSR count). The van der Waals surface area contributed by atoms with Crippen LogP contribution in [-0.2, 0) is 14.3 Å². The quantitative estimate of drug-likeness (QED) is 0.554. The van der Waals surface area contributed by atoms with Gasteiger partial charge in [0.15, 0.2) is 5.79 Å². The number of para-hydroxylation sites is 1. The molecular weight excluding hydrogens is 422 g/mol. The van der Waals surface area contributed by atoms with E-state index in [-0.39, 0.29) is 12.3 Å². The molecule has 0 unspecified atom stereocenters. The minimum Gasteiger partial charge on any atom is -0.347 e. The van der Waals surface area contributed by atoms with E-state index in [0.717, 1.165) is 21.4 Å². The number of hydrazone groups is 1. The highest BCUT2D eigenvalue weighted by Crippen LogP contribution is 2.32. The second-order valence-electron chi connectivity index (χ2n) is 7.27. The molecule has 1 fully saturated rings. The summed E-state index contributed by atoms with van der Waals surface area (Å²) in [6.45, 7) is 11.1. The number of aromatic nitrogens is 1. The summed E-state index contributed by atoms with van der Waals surface area (Å²) in [5.74, 6) is -1.11. The second kappa shape index (κ2) is 8.19. The molecule has 0 aliphatic carbocycles. The molecule has 2 heterocycles. The molecule has 1 aromatic heterocycles. The number of hydrogen-bond acceptors (Lipinski definition) is 4. The van der Waals surface area contributed by atoms with E-state index in [4.69, 9.17) is 9.47 Å². The molecule has 2 aromatic rings. The number of nitrogens with one attached hydrogen (secondary N) is 1. The zero-order valence-electron chi connectivity index (χ0n) is 16.9. The van der Waals surface area contributed by atoms with Crippen molar-refractivity contribution < 1.29 is 14.3 Å². The number of halogens is 1. The summed E-state index contributed by atoms with van der Waals surface area (Å²) >= 11 is 3.68. The Hall–Kier alpha value is -1.96. The first-order valence-electron chi connectivity index (χ1n) is 9.27. The van der Waals surface area contributed by atoms with Crippen molar-refractivity contribution in [2.75, 3.05) is 13.2 Å². The number of aryl methyl sites for hydroxylation is 2. The van der Waals surface area contributed by atoms with Gasteiger partial charge in [-0.1, -0.05) is 18.2 Å². The number of rotatable bonds is 5. The molecule has 0 bridgehead atoms. The van der Waals surface area contributed by atoms with Crippen molar-refractivity contribution in [1.29, 1.82) is 0 Å². The average Bonchev–Trinajstić information content (AvgIpc) is 3.13. The van der Waals surface area contributed by atoms with Crippen LogP contribution < -0.4 is 5.43 Å². The van der Waals surface area contributed by atoms with Crippen molar-refractivity contribution in [2.45, 2.75) is 46.8 Å². The lowest BCUT2D eigenvalue weighted by Crippen LogP contribution is -2.33. The van der Waals surface area contributed by atoms with Gasteiger partial charge in [0.2, 0.25) is 5.91 Å². The number of carbonyl (C=O) groups excluding carboxylic acids is 1. The van der Waals surface area contributed by atoms with Gasteiger partial charge < -0.3 is 14.0 Å². The first-order valence-corrected chi connectivity index (χ1v) is 10.1. The number of hydrogen-bond donors (Lipinski definition) is 1. The highest BCUT2D eigenvalue weighted by atomic mass is 79.9. The fourth-order valence-corrected chi connectivity index (χ4v) is 4.19. The van der Waals surface area contributed by atoms with Crippen LogP contribution in [-0.4, -0.2) is 35.7 Å². The zero-order valence-corrected chi connectivity index (χ0v) is 18.5. The van der Waals surface area contributed by atoms with E-state index in [2.05, 4.69) is 70.0 Å².